The first-order valence-electron chi connectivity index (χ1n) is 8.25. The number of carbonyl (C=O) groups excluding carboxylic acids is 1. The summed E-state index contributed by atoms with van der Waals surface area (Å²) in [5.41, 5.74) is 0.922. The molecule has 1 aromatic heterocycles. The number of fused-ring (bicyclic) bond motifs is 1. The van der Waals surface area contributed by atoms with Crippen molar-refractivity contribution in [2.24, 2.45) is 0 Å². The first-order chi connectivity index (χ1) is 11.7. The summed E-state index contributed by atoms with van der Waals surface area (Å²) in [5.74, 6) is 1.82. The van der Waals surface area contributed by atoms with Crippen LogP contribution in [0.1, 0.15) is 31.5 Å². The second-order valence-corrected chi connectivity index (χ2v) is 5.78. The van der Waals surface area contributed by atoms with E-state index in [9.17, 15) is 4.79 Å². The molecule has 0 radical (unpaired) electrons. The molecule has 1 atom stereocenters. The summed E-state index contributed by atoms with van der Waals surface area (Å²) in [5, 5.41) is 6.66. The lowest BCUT2D eigenvalue weighted by atomic mass is 10.1. The number of nitrogens with zero attached hydrogens (tertiary/aromatic N) is 3. The smallest absolute Gasteiger partial charge is 0.262 e. The maximum absolute atomic E-state index is 12.0. The lowest BCUT2D eigenvalue weighted by Gasteiger charge is -2.34. The van der Waals surface area contributed by atoms with Crippen LogP contribution in [0.25, 0.3) is 0 Å². The number of likely N-dealkylation sites (N-methyl/N-ethyl adjacent to an activating group) is 1. The minimum Gasteiger partial charge on any atom is -0.477 e. The van der Waals surface area contributed by atoms with Crippen LogP contribution in [-0.4, -0.2) is 35.7 Å². The molecule has 2 heterocycles. The molecule has 0 fully saturated rings. The lowest BCUT2D eigenvalue weighted by molar-refractivity contribution is -0.127. The molecule has 1 unspecified atom stereocenters. The molecule has 24 heavy (non-hydrogen) atoms. The normalized spacial score (nSPS) is 16.4. The molecular formula is C17H22N4O3. The number of rotatable bonds is 6. The number of ether oxygens (including phenoxy) is 1. The van der Waals surface area contributed by atoms with Gasteiger partial charge in [-0.25, -0.2) is 0 Å². The number of para-hydroxylation sites is 2. The van der Waals surface area contributed by atoms with E-state index in [0.29, 0.717) is 24.7 Å². The third-order valence-electron chi connectivity index (χ3n) is 3.99. The number of aryl methyl sites for hydroxylation is 1. The molecule has 0 spiro atoms. The average molecular weight is 330 g/mol. The highest BCUT2D eigenvalue weighted by Gasteiger charge is 2.30. The zero-order chi connectivity index (χ0) is 16.9. The highest BCUT2D eigenvalue weighted by atomic mass is 16.5. The average Bonchev–Trinajstić information content (AvgIpc) is 3.06. The van der Waals surface area contributed by atoms with Crippen LogP contribution in [0.5, 0.6) is 5.75 Å². The highest BCUT2D eigenvalue weighted by Crippen LogP contribution is 2.33. The van der Waals surface area contributed by atoms with Gasteiger partial charge < -0.3 is 19.5 Å². The van der Waals surface area contributed by atoms with Crippen molar-refractivity contribution >= 4 is 11.6 Å². The van der Waals surface area contributed by atoms with Crippen LogP contribution in [0.2, 0.25) is 0 Å². The fourth-order valence-corrected chi connectivity index (χ4v) is 2.71. The van der Waals surface area contributed by atoms with Crippen molar-refractivity contribution in [3.05, 3.63) is 36.0 Å². The third-order valence-corrected chi connectivity index (χ3v) is 3.99. The molecule has 1 aromatic carbocycles. The lowest BCUT2D eigenvalue weighted by Crippen LogP contribution is -2.48. The van der Waals surface area contributed by atoms with E-state index in [4.69, 9.17) is 9.26 Å². The van der Waals surface area contributed by atoms with Crippen molar-refractivity contribution in [2.75, 3.05) is 18.5 Å². The van der Waals surface area contributed by atoms with E-state index in [-0.39, 0.29) is 5.91 Å². The van der Waals surface area contributed by atoms with E-state index in [1.54, 1.807) is 7.05 Å². The second kappa shape index (κ2) is 7.33. The molecule has 1 aliphatic heterocycles. The van der Waals surface area contributed by atoms with Crippen molar-refractivity contribution in [1.82, 2.24) is 15.5 Å². The number of anilines is 1. The maximum atomic E-state index is 12.0. The Kier molecular flexibility index (Phi) is 4.98. The number of unbranched alkanes of at least 4 members (excludes halogenated alkanes) is 1. The first kappa shape index (κ1) is 16.3. The zero-order valence-corrected chi connectivity index (χ0v) is 14.0. The van der Waals surface area contributed by atoms with E-state index in [1.165, 1.54) is 0 Å². The first-order valence-corrected chi connectivity index (χ1v) is 8.25. The minimum absolute atomic E-state index is 0.149. The molecule has 7 heteroatoms. The van der Waals surface area contributed by atoms with Crippen LogP contribution < -0.4 is 15.0 Å². The number of hydrogen-bond acceptors (Lipinski definition) is 6. The Bertz CT molecular complexity index is 701. The molecule has 0 saturated carbocycles. The van der Waals surface area contributed by atoms with Crippen molar-refractivity contribution in [2.45, 2.75) is 38.8 Å². The van der Waals surface area contributed by atoms with Gasteiger partial charge in [0, 0.05) is 13.5 Å². The minimum atomic E-state index is -0.563. The van der Waals surface area contributed by atoms with Gasteiger partial charge in [0.2, 0.25) is 5.89 Å². The van der Waals surface area contributed by atoms with E-state index < -0.39 is 6.10 Å². The van der Waals surface area contributed by atoms with Gasteiger partial charge in [0.05, 0.1) is 18.8 Å². The summed E-state index contributed by atoms with van der Waals surface area (Å²) >= 11 is 0. The summed E-state index contributed by atoms with van der Waals surface area (Å²) in [6.45, 7) is 3.01. The fourth-order valence-electron chi connectivity index (χ4n) is 2.71. The fraction of sp³-hybridized carbons (Fsp3) is 0.471. The molecule has 0 saturated heterocycles. The third kappa shape index (κ3) is 3.50. The molecular weight excluding hydrogens is 308 g/mol. The predicted molar refractivity (Wildman–Crippen MR) is 88.9 cm³/mol. The Morgan fingerprint density at radius 2 is 2.25 bits per heavy atom. The molecule has 3 rings (SSSR count). The number of amides is 1. The number of carbonyl (C=O) groups is 1. The summed E-state index contributed by atoms with van der Waals surface area (Å²) in [7, 11) is 1.61. The highest BCUT2D eigenvalue weighted by molar-refractivity contribution is 5.83. The van der Waals surface area contributed by atoms with Gasteiger partial charge in [0.25, 0.3) is 5.91 Å². The topological polar surface area (TPSA) is 80.5 Å². The van der Waals surface area contributed by atoms with Crippen LogP contribution in [0.15, 0.2) is 28.8 Å². The quantitative estimate of drug-likeness (QED) is 0.872. The number of nitrogens with one attached hydrogen (secondary N) is 1. The summed E-state index contributed by atoms with van der Waals surface area (Å²) in [4.78, 5) is 18.5. The summed E-state index contributed by atoms with van der Waals surface area (Å²) in [6.07, 6.45) is 2.39. The van der Waals surface area contributed by atoms with Gasteiger partial charge in [-0.05, 0) is 18.6 Å². The summed E-state index contributed by atoms with van der Waals surface area (Å²) in [6, 6.07) is 7.65. The molecule has 128 valence electrons. The Morgan fingerprint density at radius 1 is 1.42 bits per heavy atom. The Labute approximate surface area is 141 Å². The molecule has 1 aliphatic rings. The van der Waals surface area contributed by atoms with Crippen LogP contribution >= 0.6 is 0 Å². The van der Waals surface area contributed by atoms with E-state index in [1.807, 2.05) is 29.2 Å². The molecule has 7 nitrogen and oxygen atoms in total. The van der Waals surface area contributed by atoms with E-state index in [2.05, 4.69) is 22.4 Å². The van der Waals surface area contributed by atoms with Gasteiger partial charge in [-0.15, -0.1) is 0 Å². The Balaban J connectivity index is 1.78. The van der Waals surface area contributed by atoms with Crippen molar-refractivity contribution in [3.63, 3.8) is 0 Å². The largest absolute Gasteiger partial charge is 0.477 e. The maximum Gasteiger partial charge on any atom is 0.262 e. The SMILES string of the molecule is CCCCc1noc(CN2CC(C(=O)NC)Oc3ccccc32)n1. The van der Waals surface area contributed by atoms with Crippen LogP contribution in [0.4, 0.5) is 5.69 Å². The van der Waals surface area contributed by atoms with Gasteiger partial charge in [-0.2, -0.15) is 4.98 Å². The van der Waals surface area contributed by atoms with Crippen molar-refractivity contribution < 1.29 is 14.1 Å². The van der Waals surface area contributed by atoms with Crippen LogP contribution in [-0.2, 0) is 17.8 Å². The molecule has 2 aromatic rings. The van der Waals surface area contributed by atoms with Crippen molar-refractivity contribution in [3.8, 4) is 5.75 Å². The van der Waals surface area contributed by atoms with E-state index >= 15 is 0 Å². The Morgan fingerprint density at radius 3 is 3.04 bits per heavy atom. The van der Waals surface area contributed by atoms with Gasteiger partial charge in [0.15, 0.2) is 11.9 Å². The zero-order valence-electron chi connectivity index (χ0n) is 14.0. The van der Waals surface area contributed by atoms with Gasteiger partial charge >= 0.3 is 0 Å². The van der Waals surface area contributed by atoms with Crippen molar-refractivity contribution in [1.29, 1.82) is 0 Å². The summed E-state index contributed by atoms with van der Waals surface area (Å²) < 4.78 is 11.1. The second-order valence-electron chi connectivity index (χ2n) is 5.78. The van der Waals surface area contributed by atoms with E-state index in [0.717, 1.165) is 30.8 Å². The van der Waals surface area contributed by atoms with Crippen LogP contribution in [0.3, 0.4) is 0 Å². The molecule has 1 N–H and O–H groups in total. The number of hydrogen-bond donors (Lipinski definition) is 1. The predicted octanol–water partition coefficient (Wildman–Crippen LogP) is 1.93. The van der Waals surface area contributed by atoms with Gasteiger partial charge in [-0.3, -0.25) is 4.79 Å². The Hall–Kier alpha value is -2.57. The van der Waals surface area contributed by atoms with Crippen LogP contribution in [0, 0.1) is 0 Å². The van der Waals surface area contributed by atoms with Gasteiger partial charge in [0.1, 0.15) is 5.75 Å². The molecule has 1 amide bonds. The number of aromatic nitrogens is 2. The molecule has 0 aliphatic carbocycles. The monoisotopic (exact) mass is 330 g/mol. The van der Waals surface area contributed by atoms with Gasteiger partial charge in [-0.1, -0.05) is 30.6 Å². The molecule has 0 bridgehead atoms. The standard InChI is InChI=1S/C17H22N4O3/c1-3-4-9-15-19-16(24-20-15)11-21-10-14(17(22)18-2)23-13-8-6-5-7-12(13)21/h5-8,14H,3-4,9-11H2,1-2H3,(H,18,22). The number of benzene rings is 1.